The second-order valence-electron chi connectivity index (χ2n) is 7.68. The third-order valence-corrected chi connectivity index (χ3v) is 6.83. The quantitative estimate of drug-likeness (QED) is 0.343. The molecule has 0 fully saturated rings. The van der Waals surface area contributed by atoms with E-state index in [1.165, 1.54) is 39.6 Å². The van der Waals surface area contributed by atoms with Crippen molar-refractivity contribution in [3.8, 4) is 17.2 Å². The van der Waals surface area contributed by atoms with E-state index in [0.29, 0.717) is 16.3 Å². The van der Waals surface area contributed by atoms with Crippen LogP contribution in [0, 0.1) is 11.3 Å². The molecule has 1 heterocycles. The molecule has 0 amide bonds. The highest BCUT2D eigenvalue weighted by atomic mass is 32.2. The summed E-state index contributed by atoms with van der Waals surface area (Å²) in [6, 6.07) is 18.7. The molecule has 0 bridgehead atoms. The number of Topliss-reactive ketones (excluding diaryl/α,β-unsaturated/α-hetero) is 1. The third kappa shape index (κ3) is 3.36. The van der Waals surface area contributed by atoms with Gasteiger partial charge in [-0.05, 0) is 72.1 Å². The molecule has 29 heavy (non-hydrogen) atoms. The van der Waals surface area contributed by atoms with E-state index in [1.807, 2.05) is 18.2 Å². The van der Waals surface area contributed by atoms with Crippen molar-refractivity contribution in [3.05, 3.63) is 82.0 Å². The van der Waals surface area contributed by atoms with Crippen LogP contribution >= 0.6 is 11.8 Å². The molecule has 5 rings (SSSR count). The van der Waals surface area contributed by atoms with Crippen LogP contribution in [0.3, 0.4) is 0 Å². The standard InChI is InChI=1S/C25H20N2OS/c26-14-20-12-17-6-2-4-8-23(17)27-25(20)29-15-24(28)18-9-10-22-19(13-18)11-16-5-1-3-7-21(16)22/h1,3,5,7,9-10,12-13H,2,4,6,8,11,15H2. The Morgan fingerprint density at radius 3 is 2.72 bits per heavy atom. The zero-order valence-electron chi connectivity index (χ0n) is 16.1. The largest absolute Gasteiger partial charge is 0.293 e. The molecular formula is C25H20N2OS. The Kier molecular flexibility index (Phi) is 4.69. The Morgan fingerprint density at radius 1 is 1.00 bits per heavy atom. The van der Waals surface area contributed by atoms with Crippen molar-refractivity contribution in [3.63, 3.8) is 0 Å². The molecule has 3 aromatic rings. The Morgan fingerprint density at radius 2 is 1.83 bits per heavy atom. The fourth-order valence-electron chi connectivity index (χ4n) is 4.34. The van der Waals surface area contributed by atoms with Gasteiger partial charge in [-0.2, -0.15) is 5.26 Å². The topological polar surface area (TPSA) is 53.8 Å². The predicted molar refractivity (Wildman–Crippen MR) is 115 cm³/mol. The van der Waals surface area contributed by atoms with Crippen molar-refractivity contribution in [2.45, 2.75) is 37.1 Å². The summed E-state index contributed by atoms with van der Waals surface area (Å²) in [5.41, 5.74) is 8.65. The zero-order chi connectivity index (χ0) is 19.8. The SMILES string of the molecule is N#Cc1cc2c(nc1SCC(=O)c1ccc3c(c1)Cc1ccccc1-3)CCCC2. The van der Waals surface area contributed by atoms with Crippen LogP contribution in [-0.4, -0.2) is 16.5 Å². The summed E-state index contributed by atoms with van der Waals surface area (Å²) in [6.45, 7) is 0. The number of carbonyl (C=O) groups is 1. The van der Waals surface area contributed by atoms with Crippen molar-refractivity contribution in [2.24, 2.45) is 0 Å². The molecule has 2 aliphatic carbocycles. The van der Waals surface area contributed by atoms with Gasteiger partial charge in [-0.15, -0.1) is 0 Å². The number of hydrogen-bond donors (Lipinski definition) is 0. The lowest BCUT2D eigenvalue weighted by molar-refractivity contribution is 0.102. The molecule has 0 saturated heterocycles. The average Bonchev–Trinajstić information content (AvgIpc) is 3.14. The molecule has 4 heteroatoms. The van der Waals surface area contributed by atoms with E-state index in [-0.39, 0.29) is 5.78 Å². The lowest BCUT2D eigenvalue weighted by Gasteiger charge is -2.16. The van der Waals surface area contributed by atoms with E-state index < -0.39 is 0 Å². The minimum Gasteiger partial charge on any atom is -0.293 e. The van der Waals surface area contributed by atoms with Crippen LogP contribution < -0.4 is 0 Å². The zero-order valence-corrected chi connectivity index (χ0v) is 16.9. The molecule has 0 N–H and O–H groups in total. The summed E-state index contributed by atoms with van der Waals surface area (Å²) in [6.07, 6.45) is 5.15. The number of pyridine rings is 1. The number of aryl methyl sites for hydroxylation is 2. The molecule has 3 nitrogen and oxygen atoms in total. The number of fused-ring (bicyclic) bond motifs is 4. The van der Waals surface area contributed by atoms with Crippen molar-refractivity contribution < 1.29 is 4.79 Å². The monoisotopic (exact) mass is 396 g/mol. The third-order valence-electron chi connectivity index (χ3n) is 5.84. The molecule has 0 spiro atoms. The Labute approximate surface area is 174 Å². The van der Waals surface area contributed by atoms with Gasteiger partial charge < -0.3 is 0 Å². The normalized spacial score (nSPS) is 13.9. The van der Waals surface area contributed by atoms with Gasteiger partial charge in [-0.3, -0.25) is 4.79 Å². The highest BCUT2D eigenvalue weighted by Crippen LogP contribution is 2.37. The summed E-state index contributed by atoms with van der Waals surface area (Å²) in [5.74, 6) is 0.379. The van der Waals surface area contributed by atoms with Gasteiger partial charge in [0.2, 0.25) is 0 Å². The van der Waals surface area contributed by atoms with Gasteiger partial charge in [0, 0.05) is 11.3 Å². The van der Waals surface area contributed by atoms with Gasteiger partial charge in [0.05, 0.1) is 11.3 Å². The van der Waals surface area contributed by atoms with Gasteiger partial charge in [-0.1, -0.05) is 48.2 Å². The first kappa shape index (κ1) is 18.1. The van der Waals surface area contributed by atoms with E-state index in [4.69, 9.17) is 4.98 Å². The molecule has 0 atom stereocenters. The second-order valence-corrected chi connectivity index (χ2v) is 8.65. The maximum absolute atomic E-state index is 12.8. The maximum Gasteiger partial charge on any atom is 0.173 e. The smallest absolute Gasteiger partial charge is 0.173 e. The highest BCUT2D eigenvalue weighted by Gasteiger charge is 2.20. The van der Waals surface area contributed by atoms with Crippen molar-refractivity contribution in [1.82, 2.24) is 4.98 Å². The number of benzene rings is 2. The molecule has 0 aliphatic heterocycles. The van der Waals surface area contributed by atoms with Gasteiger partial charge >= 0.3 is 0 Å². The van der Waals surface area contributed by atoms with Crippen LogP contribution in [0.1, 0.15) is 51.1 Å². The van der Waals surface area contributed by atoms with Crippen LogP contribution in [0.2, 0.25) is 0 Å². The summed E-state index contributed by atoms with van der Waals surface area (Å²) in [5, 5.41) is 10.2. The van der Waals surface area contributed by atoms with Crippen molar-refractivity contribution in [1.29, 1.82) is 5.26 Å². The highest BCUT2D eigenvalue weighted by molar-refractivity contribution is 8.00. The van der Waals surface area contributed by atoms with Crippen LogP contribution in [0.4, 0.5) is 0 Å². The number of nitriles is 1. The first-order valence-electron chi connectivity index (χ1n) is 10.0. The Hall–Kier alpha value is -2.90. The number of ketones is 1. The number of thioether (sulfide) groups is 1. The van der Waals surface area contributed by atoms with E-state index in [2.05, 4.69) is 36.4 Å². The maximum atomic E-state index is 12.8. The van der Waals surface area contributed by atoms with Crippen LogP contribution in [0.5, 0.6) is 0 Å². The Bertz CT molecular complexity index is 1180. The molecule has 0 unspecified atom stereocenters. The van der Waals surface area contributed by atoms with Gasteiger partial charge in [-0.25, -0.2) is 4.98 Å². The lowest BCUT2D eigenvalue weighted by Crippen LogP contribution is -2.08. The second kappa shape index (κ2) is 7.50. The van der Waals surface area contributed by atoms with E-state index >= 15 is 0 Å². The summed E-state index contributed by atoms with van der Waals surface area (Å²) in [7, 11) is 0. The van der Waals surface area contributed by atoms with Crippen molar-refractivity contribution in [2.75, 3.05) is 5.75 Å². The van der Waals surface area contributed by atoms with Gasteiger partial charge in [0.1, 0.15) is 11.1 Å². The lowest BCUT2D eigenvalue weighted by atomic mass is 9.95. The summed E-state index contributed by atoms with van der Waals surface area (Å²) >= 11 is 1.38. The van der Waals surface area contributed by atoms with E-state index in [9.17, 15) is 10.1 Å². The van der Waals surface area contributed by atoms with E-state index in [0.717, 1.165) is 43.4 Å². The molecule has 1 aromatic heterocycles. The van der Waals surface area contributed by atoms with Crippen LogP contribution in [0.15, 0.2) is 53.6 Å². The number of aromatic nitrogens is 1. The number of carbonyl (C=O) groups excluding carboxylic acids is 1. The van der Waals surface area contributed by atoms with Crippen LogP contribution in [0.25, 0.3) is 11.1 Å². The molecular weight excluding hydrogens is 376 g/mol. The molecule has 0 saturated carbocycles. The summed E-state index contributed by atoms with van der Waals surface area (Å²) < 4.78 is 0. The molecule has 2 aromatic carbocycles. The predicted octanol–water partition coefficient (Wildman–Crippen LogP) is 5.38. The fraction of sp³-hybridized carbons (Fsp3) is 0.240. The minimum absolute atomic E-state index is 0.0807. The summed E-state index contributed by atoms with van der Waals surface area (Å²) in [4.78, 5) is 17.6. The first-order valence-corrected chi connectivity index (χ1v) is 11.0. The average molecular weight is 397 g/mol. The Balaban J connectivity index is 1.35. The van der Waals surface area contributed by atoms with Crippen molar-refractivity contribution >= 4 is 17.5 Å². The number of hydrogen-bond acceptors (Lipinski definition) is 4. The van der Waals surface area contributed by atoms with Gasteiger partial charge in [0.25, 0.3) is 0 Å². The fourth-order valence-corrected chi connectivity index (χ4v) is 5.21. The van der Waals surface area contributed by atoms with E-state index in [1.54, 1.807) is 0 Å². The molecule has 0 radical (unpaired) electrons. The number of rotatable bonds is 4. The minimum atomic E-state index is 0.0807. The first-order chi connectivity index (χ1) is 14.2. The van der Waals surface area contributed by atoms with Crippen LogP contribution in [-0.2, 0) is 19.3 Å². The van der Waals surface area contributed by atoms with Gasteiger partial charge in [0.15, 0.2) is 5.78 Å². The number of nitrogens with zero attached hydrogens (tertiary/aromatic N) is 2. The molecule has 142 valence electrons. The molecule has 2 aliphatic rings.